The maximum Gasteiger partial charge on any atom is 0.253 e. The lowest BCUT2D eigenvalue weighted by Crippen LogP contribution is -2.23. The normalized spacial score (nSPS) is 10.1. The topological polar surface area (TPSA) is 68.0 Å². The van der Waals surface area contributed by atoms with Gasteiger partial charge in [-0.25, -0.2) is 0 Å². The SMILES string of the molecule is Nc1cc(Cl)ccc1C(=O)NCc1cccnc1. The largest absolute Gasteiger partial charge is 0.398 e. The van der Waals surface area contributed by atoms with Crippen LogP contribution < -0.4 is 11.1 Å². The van der Waals surface area contributed by atoms with Crippen LogP contribution in [-0.4, -0.2) is 10.9 Å². The third-order valence-corrected chi connectivity index (χ3v) is 2.67. The lowest BCUT2D eigenvalue weighted by atomic mass is 10.1. The van der Waals surface area contributed by atoms with Gasteiger partial charge in [0.15, 0.2) is 0 Å². The summed E-state index contributed by atoms with van der Waals surface area (Å²) in [6.07, 6.45) is 3.38. The van der Waals surface area contributed by atoms with Gasteiger partial charge in [-0.3, -0.25) is 9.78 Å². The smallest absolute Gasteiger partial charge is 0.253 e. The zero-order valence-corrected chi connectivity index (χ0v) is 10.3. The summed E-state index contributed by atoms with van der Waals surface area (Å²) in [5.74, 6) is -0.229. The highest BCUT2D eigenvalue weighted by molar-refractivity contribution is 6.31. The lowest BCUT2D eigenvalue weighted by molar-refractivity contribution is 0.0952. The van der Waals surface area contributed by atoms with Crippen molar-refractivity contribution in [2.75, 3.05) is 5.73 Å². The van der Waals surface area contributed by atoms with Crippen LogP contribution in [0.15, 0.2) is 42.7 Å². The van der Waals surface area contributed by atoms with E-state index in [2.05, 4.69) is 10.3 Å². The van der Waals surface area contributed by atoms with Gasteiger partial charge < -0.3 is 11.1 Å². The summed E-state index contributed by atoms with van der Waals surface area (Å²) in [5.41, 5.74) is 7.45. The van der Waals surface area contributed by atoms with E-state index in [1.807, 2.05) is 12.1 Å². The van der Waals surface area contributed by atoms with E-state index in [4.69, 9.17) is 17.3 Å². The molecule has 4 nitrogen and oxygen atoms in total. The molecule has 3 N–H and O–H groups in total. The molecule has 0 aliphatic heterocycles. The maximum absolute atomic E-state index is 11.9. The van der Waals surface area contributed by atoms with Crippen molar-refractivity contribution in [3.05, 3.63) is 58.9 Å². The Bertz CT molecular complexity index is 557. The van der Waals surface area contributed by atoms with Crippen LogP contribution in [0.25, 0.3) is 0 Å². The van der Waals surface area contributed by atoms with Crippen LogP contribution in [0.4, 0.5) is 5.69 Å². The number of anilines is 1. The number of carbonyl (C=O) groups excluding carboxylic acids is 1. The van der Waals surface area contributed by atoms with E-state index in [9.17, 15) is 4.79 Å². The monoisotopic (exact) mass is 261 g/mol. The third-order valence-electron chi connectivity index (χ3n) is 2.43. The molecule has 1 aromatic heterocycles. The number of carbonyl (C=O) groups is 1. The summed E-state index contributed by atoms with van der Waals surface area (Å²) in [6.45, 7) is 0.411. The standard InChI is InChI=1S/C13H12ClN3O/c14-10-3-4-11(12(15)6-10)13(18)17-8-9-2-1-5-16-7-9/h1-7H,8,15H2,(H,17,18). The quantitative estimate of drug-likeness (QED) is 0.833. The molecule has 92 valence electrons. The van der Waals surface area contributed by atoms with Gasteiger partial charge in [-0.2, -0.15) is 0 Å². The van der Waals surface area contributed by atoms with Gasteiger partial charge in [-0.05, 0) is 29.8 Å². The summed E-state index contributed by atoms with van der Waals surface area (Å²) in [7, 11) is 0. The molecule has 2 aromatic rings. The van der Waals surface area contributed by atoms with Crippen LogP contribution in [-0.2, 0) is 6.54 Å². The van der Waals surface area contributed by atoms with Gasteiger partial charge in [0.2, 0.25) is 0 Å². The molecule has 0 aliphatic carbocycles. The zero-order chi connectivity index (χ0) is 13.0. The number of nitrogens with two attached hydrogens (primary N) is 1. The average molecular weight is 262 g/mol. The predicted octanol–water partition coefficient (Wildman–Crippen LogP) is 2.25. The molecule has 0 radical (unpaired) electrons. The molecule has 0 spiro atoms. The number of pyridine rings is 1. The first kappa shape index (κ1) is 12.4. The van der Waals surface area contributed by atoms with Crippen molar-refractivity contribution in [2.24, 2.45) is 0 Å². The Hall–Kier alpha value is -2.07. The van der Waals surface area contributed by atoms with Gasteiger partial charge in [-0.15, -0.1) is 0 Å². The fraction of sp³-hybridized carbons (Fsp3) is 0.0769. The van der Waals surface area contributed by atoms with E-state index in [1.54, 1.807) is 30.6 Å². The van der Waals surface area contributed by atoms with Crippen LogP contribution in [0.3, 0.4) is 0 Å². The first-order chi connectivity index (χ1) is 8.66. The van der Waals surface area contributed by atoms with Crippen LogP contribution in [0.1, 0.15) is 15.9 Å². The molecule has 1 aromatic carbocycles. The Morgan fingerprint density at radius 1 is 1.39 bits per heavy atom. The molecular weight excluding hydrogens is 250 g/mol. The fourth-order valence-electron chi connectivity index (χ4n) is 1.52. The van der Waals surface area contributed by atoms with Gasteiger partial charge >= 0.3 is 0 Å². The molecule has 1 amide bonds. The minimum atomic E-state index is -0.229. The highest BCUT2D eigenvalue weighted by atomic mass is 35.5. The van der Waals surface area contributed by atoms with Crippen molar-refractivity contribution in [3.63, 3.8) is 0 Å². The maximum atomic E-state index is 11.9. The minimum Gasteiger partial charge on any atom is -0.398 e. The average Bonchev–Trinajstić information content (AvgIpc) is 2.37. The summed E-state index contributed by atoms with van der Waals surface area (Å²) in [4.78, 5) is 15.9. The Balaban J connectivity index is 2.04. The second kappa shape index (κ2) is 5.51. The fourth-order valence-corrected chi connectivity index (χ4v) is 1.70. The van der Waals surface area contributed by atoms with Gasteiger partial charge in [0.25, 0.3) is 5.91 Å². The first-order valence-electron chi connectivity index (χ1n) is 5.39. The number of nitrogen functional groups attached to an aromatic ring is 1. The lowest BCUT2D eigenvalue weighted by Gasteiger charge is -2.07. The molecule has 0 saturated heterocycles. The van der Waals surface area contributed by atoms with E-state index in [1.165, 1.54) is 0 Å². The van der Waals surface area contributed by atoms with E-state index in [0.29, 0.717) is 22.8 Å². The molecule has 0 bridgehead atoms. The van der Waals surface area contributed by atoms with E-state index in [-0.39, 0.29) is 5.91 Å². The molecule has 18 heavy (non-hydrogen) atoms. The molecule has 0 unspecified atom stereocenters. The predicted molar refractivity (Wildman–Crippen MR) is 71.3 cm³/mol. The summed E-state index contributed by atoms with van der Waals surface area (Å²) >= 11 is 5.77. The van der Waals surface area contributed by atoms with E-state index in [0.717, 1.165) is 5.56 Å². The number of hydrogen-bond acceptors (Lipinski definition) is 3. The number of nitrogens with zero attached hydrogens (tertiary/aromatic N) is 1. The van der Waals surface area contributed by atoms with E-state index < -0.39 is 0 Å². The number of amides is 1. The molecule has 0 aliphatic rings. The van der Waals surface area contributed by atoms with Gasteiger partial charge in [0.05, 0.1) is 5.56 Å². The summed E-state index contributed by atoms with van der Waals surface area (Å²) in [5, 5.41) is 3.28. The molecule has 0 atom stereocenters. The summed E-state index contributed by atoms with van der Waals surface area (Å²) < 4.78 is 0. The van der Waals surface area contributed by atoms with Crippen LogP contribution >= 0.6 is 11.6 Å². The summed E-state index contributed by atoms with van der Waals surface area (Å²) in [6, 6.07) is 8.50. The number of nitrogens with one attached hydrogen (secondary N) is 1. The molecular formula is C13H12ClN3O. The molecule has 5 heteroatoms. The first-order valence-corrected chi connectivity index (χ1v) is 5.77. The van der Waals surface area contributed by atoms with Crippen molar-refractivity contribution in [1.82, 2.24) is 10.3 Å². The van der Waals surface area contributed by atoms with Crippen molar-refractivity contribution in [1.29, 1.82) is 0 Å². The highest BCUT2D eigenvalue weighted by Crippen LogP contribution is 2.17. The van der Waals surface area contributed by atoms with Crippen molar-refractivity contribution < 1.29 is 4.79 Å². The van der Waals surface area contributed by atoms with Crippen LogP contribution in [0.2, 0.25) is 5.02 Å². The van der Waals surface area contributed by atoms with Gasteiger partial charge in [0.1, 0.15) is 0 Å². The Kier molecular flexibility index (Phi) is 3.79. The van der Waals surface area contributed by atoms with Gasteiger partial charge in [0, 0.05) is 29.6 Å². The Labute approximate surface area is 110 Å². The molecule has 1 heterocycles. The second-order valence-electron chi connectivity index (χ2n) is 3.78. The van der Waals surface area contributed by atoms with Crippen LogP contribution in [0, 0.1) is 0 Å². The van der Waals surface area contributed by atoms with Crippen molar-refractivity contribution >= 4 is 23.2 Å². The van der Waals surface area contributed by atoms with Crippen molar-refractivity contribution in [3.8, 4) is 0 Å². The number of hydrogen-bond donors (Lipinski definition) is 2. The molecule has 0 fully saturated rings. The number of benzene rings is 1. The third kappa shape index (κ3) is 2.99. The number of aromatic nitrogens is 1. The van der Waals surface area contributed by atoms with Crippen LogP contribution in [0.5, 0.6) is 0 Å². The number of halogens is 1. The highest BCUT2D eigenvalue weighted by Gasteiger charge is 2.09. The molecule has 2 rings (SSSR count). The number of rotatable bonds is 3. The minimum absolute atomic E-state index is 0.229. The Morgan fingerprint density at radius 3 is 2.89 bits per heavy atom. The van der Waals surface area contributed by atoms with E-state index >= 15 is 0 Å². The molecule has 0 saturated carbocycles. The van der Waals surface area contributed by atoms with Gasteiger partial charge in [-0.1, -0.05) is 17.7 Å². The van der Waals surface area contributed by atoms with Crippen molar-refractivity contribution in [2.45, 2.75) is 6.54 Å². The Morgan fingerprint density at radius 2 is 2.22 bits per heavy atom. The second-order valence-corrected chi connectivity index (χ2v) is 4.21. The zero-order valence-electron chi connectivity index (χ0n) is 9.56.